The van der Waals surface area contributed by atoms with Crippen LogP contribution in [-0.2, 0) is 9.59 Å². The van der Waals surface area contributed by atoms with Crippen LogP contribution in [0.2, 0.25) is 0 Å². The van der Waals surface area contributed by atoms with Crippen LogP contribution >= 0.6 is 0 Å². The Morgan fingerprint density at radius 2 is 1.82 bits per heavy atom. The maximum atomic E-state index is 12.2. The molecule has 4 nitrogen and oxygen atoms in total. The van der Waals surface area contributed by atoms with Gasteiger partial charge in [-0.2, -0.15) is 13.2 Å². The van der Waals surface area contributed by atoms with Crippen LogP contribution in [0.1, 0.15) is 32.6 Å². The standard InChI is InChI=1S/C10H16F3NO3/c1-2-6-14(7-10(11,12)13)8(15)4-3-5-9(16)17/h2-7H2,1H3,(H,16,17). The van der Waals surface area contributed by atoms with Gasteiger partial charge in [0.15, 0.2) is 0 Å². The number of carbonyl (C=O) groups is 2. The van der Waals surface area contributed by atoms with Crippen molar-refractivity contribution in [1.29, 1.82) is 0 Å². The van der Waals surface area contributed by atoms with E-state index in [9.17, 15) is 22.8 Å². The van der Waals surface area contributed by atoms with Gasteiger partial charge in [-0.1, -0.05) is 6.92 Å². The Hall–Kier alpha value is -1.27. The summed E-state index contributed by atoms with van der Waals surface area (Å²) in [6, 6.07) is 0. The van der Waals surface area contributed by atoms with E-state index < -0.39 is 24.6 Å². The van der Waals surface area contributed by atoms with E-state index >= 15 is 0 Å². The third-order valence-electron chi connectivity index (χ3n) is 2.00. The second kappa shape index (κ2) is 7.13. The molecule has 100 valence electrons. The van der Waals surface area contributed by atoms with E-state index in [1.807, 2.05) is 0 Å². The molecular formula is C10H16F3NO3. The van der Waals surface area contributed by atoms with Crippen LogP contribution in [0, 0.1) is 0 Å². The van der Waals surface area contributed by atoms with Crippen LogP contribution in [0.25, 0.3) is 0 Å². The maximum Gasteiger partial charge on any atom is 0.406 e. The third-order valence-corrected chi connectivity index (χ3v) is 2.00. The van der Waals surface area contributed by atoms with Crippen LogP contribution in [0.15, 0.2) is 0 Å². The summed E-state index contributed by atoms with van der Waals surface area (Å²) < 4.78 is 36.5. The molecule has 0 bridgehead atoms. The lowest BCUT2D eigenvalue weighted by Gasteiger charge is -2.23. The van der Waals surface area contributed by atoms with Gasteiger partial charge in [-0.15, -0.1) is 0 Å². The van der Waals surface area contributed by atoms with E-state index in [2.05, 4.69) is 0 Å². The summed E-state index contributed by atoms with van der Waals surface area (Å²) >= 11 is 0. The zero-order chi connectivity index (χ0) is 13.5. The fourth-order valence-corrected chi connectivity index (χ4v) is 1.33. The molecule has 7 heteroatoms. The minimum absolute atomic E-state index is 0.0331. The van der Waals surface area contributed by atoms with Crippen molar-refractivity contribution in [3.05, 3.63) is 0 Å². The summed E-state index contributed by atoms with van der Waals surface area (Å²) in [6.07, 6.45) is -4.30. The molecule has 0 heterocycles. The molecule has 0 rings (SSSR count). The van der Waals surface area contributed by atoms with Crippen molar-refractivity contribution in [2.45, 2.75) is 38.8 Å². The third kappa shape index (κ3) is 8.53. The van der Waals surface area contributed by atoms with Gasteiger partial charge in [0.25, 0.3) is 0 Å². The number of alkyl halides is 3. The van der Waals surface area contributed by atoms with Crippen molar-refractivity contribution < 1.29 is 27.9 Å². The molecule has 0 saturated carbocycles. The van der Waals surface area contributed by atoms with Crippen LogP contribution < -0.4 is 0 Å². The molecule has 0 radical (unpaired) electrons. The lowest BCUT2D eigenvalue weighted by Crippen LogP contribution is -2.39. The Kier molecular flexibility index (Phi) is 6.60. The van der Waals surface area contributed by atoms with Gasteiger partial charge in [-0.3, -0.25) is 9.59 Å². The molecule has 0 aliphatic rings. The number of nitrogens with zero attached hydrogens (tertiary/aromatic N) is 1. The number of amides is 1. The van der Waals surface area contributed by atoms with Crippen LogP contribution in [-0.4, -0.2) is 41.1 Å². The average Bonchev–Trinajstić information content (AvgIpc) is 2.14. The number of carboxylic acid groups (broad SMARTS) is 1. The first-order chi connectivity index (χ1) is 7.76. The molecule has 0 aromatic carbocycles. The van der Waals surface area contributed by atoms with Gasteiger partial charge in [-0.05, 0) is 12.8 Å². The minimum atomic E-state index is -4.42. The smallest absolute Gasteiger partial charge is 0.406 e. The first-order valence-corrected chi connectivity index (χ1v) is 5.32. The van der Waals surface area contributed by atoms with Crippen LogP contribution in [0.4, 0.5) is 13.2 Å². The zero-order valence-corrected chi connectivity index (χ0v) is 9.59. The Morgan fingerprint density at radius 3 is 2.24 bits per heavy atom. The number of halogens is 3. The lowest BCUT2D eigenvalue weighted by molar-refractivity contribution is -0.161. The molecule has 0 fully saturated rings. The summed E-state index contributed by atoms with van der Waals surface area (Å²) in [4.78, 5) is 22.3. The maximum absolute atomic E-state index is 12.2. The van der Waals surface area contributed by atoms with E-state index in [0.717, 1.165) is 4.90 Å². The summed E-state index contributed by atoms with van der Waals surface area (Å²) in [5, 5.41) is 8.35. The second-order valence-electron chi connectivity index (χ2n) is 3.68. The van der Waals surface area contributed by atoms with E-state index in [1.54, 1.807) is 6.92 Å². The zero-order valence-electron chi connectivity index (χ0n) is 9.59. The number of carboxylic acids is 1. The SMILES string of the molecule is CCCN(CC(F)(F)F)C(=O)CCCC(=O)O. The quantitative estimate of drug-likeness (QED) is 0.757. The largest absolute Gasteiger partial charge is 0.481 e. The molecule has 0 aliphatic heterocycles. The number of rotatable bonds is 7. The van der Waals surface area contributed by atoms with Crippen molar-refractivity contribution in [3.63, 3.8) is 0 Å². The molecule has 17 heavy (non-hydrogen) atoms. The van der Waals surface area contributed by atoms with Crippen molar-refractivity contribution >= 4 is 11.9 Å². The molecule has 0 saturated heterocycles. The number of hydrogen-bond acceptors (Lipinski definition) is 2. The number of carbonyl (C=O) groups excluding carboxylic acids is 1. The Balaban J connectivity index is 4.19. The highest BCUT2D eigenvalue weighted by Crippen LogP contribution is 2.17. The highest BCUT2D eigenvalue weighted by molar-refractivity contribution is 5.77. The predicted octanol–water partition coefficient (Wildman–Crippen LogP) is 2.04. The fraction of sp³-hybridized carbons (Fsp3) is 0.800. The molecular weight excluding hydrogens is 239 g/mol. The monoisotopic (exact) mass is 255 g/mol. The van der Waals surface area contributed by atoms with Gasteiger partial charge in [-0.25, -0.2) is 0 Å². The topological polar surface area (TPSA) is 57.6 Å². The summed E-state index contributed by atoms with van der Waals surface area (Å²) in [5.74, 6) is -1.71. The van der Waals surface area contributed by atoms with E-state index in [-0.39, 0.29) is 25.8 Å². The van der Waals surface area contributed by atoms with Gasteiger partial charge >= 0.3 is 12.1 Å². The van der Waals surface area contributed by atoms with E-state index in [4.69, 9.17) is 5.11 Å². The van der Waals surface area contributed by atoms with E-state index in [0.29, 0.717) is 6.42 Å². The van der Waals surface area contributed by atoms with Crippen molar-refractivity contribution in [3.8, 4) is 0 Å². The lowest BCUT2D eigenvalue weighted by atomic mass is 10.2. The first kappa shape index (κ1) is 15.7. The van der Waals surface area contributed by atoms with Gasteiger partial charge in [0.05, 0.1) is 0 Å². The Morgan fingerprint density at radius 1 is 1.24 bits per heavy atom. The van der Waals surface area contributed by atoms with Crippen LogP contribution in [0.5, 0.6) is 0 Å². The molecule has 0 atom stereocenters. The highest BCUT2D eigenvalue weighted by Gasteiger charge is 2.32. The second-order valence-corrected chi connectivity index (χ2v) is 3.68. The molecule has 0 aromatic rings. The van der Waals surface area contributed by atoms with Crippen molar-refractivity contribution in [2.75, 3.05) is 13.1 Å². The molecule has 0 aliphatic carbocycles. The summed E-state index contributed by atoms with van der Waals surface area (Å²) in [5.41, 5.74) is 0. The van der Waals surface area contributed by atoms with Gasteiger partial charge < -0.3 is 10.0 Å². The Bertz CT molecular complexity index is 266. The summed E-state index contributed by atoms with van der Waals surface area (Å²) in [6.45, 7) is 0.437. The van der Waals surface area contributed by atoms with Crippen molar-refractivity contribution in [2.24, 2.45) is 0 Å². The molecule has 1 amide bonds. The molecule has 0 unspecified atom stereocenters. The van der Waals surface area contributed by atoms with Crippen LogP contribution in [0.3, 0.4) is 0 Å². The first-order valence-electron chi connectivity index (χ1n) is 5.32. The van der Waals surface area contributed by atoms with E-state index in [1.165, 1.54) is 0 Å². The summed E-state index contributed by atoms with van der Waals surface area (Å²) in [7, 11) is 0. The Labute approximate surface area is 97.4 Å². The fourth-order valence-electron chi connectivity index (χ4n) is 1.33. The number of aliphatic carboxylic acids is 1. The normalized spacial score (nSPS) is 11.3. The molecule has 1 N–H and O–H groups in total. The number of hydrogen-bond donors (Lipinski definition) is 1. The van der Waals surface area contributed by atoms with Crippen molar-refractivity contribution in [1.82, 2.24) is 4.90 Å². The molecule has 0 aromatic heterocycles. The minimum Gasteiger partial charge on any atom is -0.481 e. The van der Waals surface area contributed by atoms with Gasteiger partial charge in [0, 0.05) is 19.4 Å². The highest BCUT2D eigenvalue weighted by atomic mass is 19.4. The van der Waals surface area contributed by atoms with Gasteiger partial charge in [0.1, 0.15) is 6.54 Å². The predicted molar refractivity (Wildman–Crippen MR) is 54.4 cm³/mol. The average molecular weight is 255 g/mol. The van der Waals surface area contributed by atoms with Gasteiger partial charge in [0.2, 0.25) is 5.91 Å². The molecule has 0 spiro atoms.